The van der Waals surface area contributed by atoms with E-state index in [-0.39, 0.29) is 17.8 Å². The molecule has 1 saturated heterocycles. The van der Waals surface area contributed by atoms with Crippen LogP contribution in [0.15, 0.2) is 30.3 Å². The van der Waals surface area contributed by atoms with Crippen molar-refractivity contribution >= 4 is 12.0 Å². The Labute approximate surface area is 118 Å². The number of likely N-dealkylation sites (tertiary alicyclic amines) is 1. The van der Waals surface area contributed by atoms with Gasteiger partial charge >= 0.3 is 5.97 Å². The monoisotopic (exact) mass is 277 g/mol. The predicted molar refractivity (Wildman–Crippen MR) is 76.8 cm³/mol. The second kappa shape index (κ2) is 6.66. The van der Waals surface area contributed by atoms with Crippen LogP contribution in [0.3, 0.4) is 0 Å². The highest BCUT2D eigenvalue weighted by Gasteiger charge is 2.31. The summed E-state index contributed by atoms with van der Waals surface area (Å²) in [5.74, 6) is -1.22. The molecule has 1 aromatic rings. The average molecular weight is 277 g/mol. The van der Waals surface area contributed by atoms with Crippen LogP contribution in [0.5, 0.6) is 0 Å². The van der Waals surface area contributed by atoms with Gasteiger partial charge in [0.15, 0.2) is 0 Å². The first-order valence-corrected chi connectivity index (χ1v) is 6.97. The Morgan fingerprint density at radius 2 is 2.15 bits per heavy atom. The van der Waals surface area contributed by atoms with Crippen LogP contribution < -0.4 is 0 Å². The summed E-state index contributed by atoms with van der Waals surface area (Å²) in [6.07, 6.45) is 5.63. The number of carbonyl (C=O) groups is 1. The quantitative estimate of drug-likeness (QED) is 0.919. The first-order valence-electron chi connectivity index (χ1n) is 6.97. The highest BCUT2D eigenvalue weighted by molar-refractivity contribution is 5.71. The van der Waals surface area contributed by atoms with Crippen LogP contribution in [0.2, 0.25) is 0 Å². The van der Waals surface area contributed by atoms with Gasteiger partial charge in [0.05, 0.1) is 5.92 Å². The van der Waals surface area contributed by atoms with E-state index < -0.39 is 5.97 Å². The summed E-state index contributed by atoms with van der Waals surface area (Å²) in [7, 11) is 0. The van der Waals surface area contributed by atoms with Crippen molar-refractivity contribution < 1.29 is 14.3 Å². The lowest BCUT2D eigenvalue weighted by atomic mass is 9.90. The minimum Gasteiger partial charge on any atom is -0.481 e. The zero-order valence-electron chi connectivity index (χ0n) is 11.6. The van der Waals surface area contributed by atoms with Crippen molar-refractivity contribution in [3.05, 3.63) is 41.7 Å². The van der Waals surface area contributed by atoms with E-state index in [1.54, 1.807) is 12.1 Å². The Morgan fingerprint density at radius 3 is 2.80 bits per heavy atom. The summed E-state index contributed by atoms with van der Waals surface area (Å²) in [6, 6.07) is 6.38. The van der Waals surface area contributed by atoms with Gasteiger partial charge in [0.1, 0.15) is 5.82 Å². The largest absolute Gasteiger partial charge is 0.481 e. The fourth-order valence-corrected chi connectivity index (χ4v) is 2.70. The van der Waals surface area contributed by atoms with Gasteiger partial charge in [-0.15, -0.1) is 0 Å². The summed E-state index contributed by atoms with van der Waals surface area (Å²) < 4.78 is 12.8. The molecule has 0 radical (unpaired) electrons. The molecule has 1 aromatic carbocycles. The number of piperidine rings is 1. The van der Waals surface area contributed by atoms with Crippen molar-refractivity contribution in [2.75, 3.05) is 13.1 Å². The van der Waals surface area contributed by atoms with E-state index in [4.69, 9.17) is 0 Å². The molecule has 0 unspecified atom stereocenters. The van der Waals surface area contributed by atoms with Gasteiger partial charge in [0.25, 0.3) is 0 Å². The number of carboxylic acid groups (broad SMARTS) is 1. The second-order valence-corrected chi connectivity index (χ2v) is 5.28. The van der Waals surface area contributed by atoms with Gasteiger partial charge in [-0.2, -0.15) is 0 Å². The molecule has 1 heterocycles. The van der Waals surface area contributed by atoms with E-state index in [1.165, 1.54) is 12.1 Å². The van der Waals surface area contributed by atoms with Crippen LogP contribution in [-0.4, -0.2) is 35.1 Å². The maximum atomic E-state index is 12.8. The van der Waals surface area contributed by atoms with Crippen LogP contribution in [0.25, 0.3) is 6.08 Å². The number of halogens is 1. The minimum absolute atomic E-state index is 0.0547. The number of benzene rings is 1. The summed E-state index contributed by atoms with van der Waals surface area (Å²) in [4.78, 5) is 13.3. The zero-order chi connectivity index (χ0) is 14.5. The van der Waals surface area contributed by atoms with Crippen molar-refractivity contribution in [1.82, 2.24) is 4.90 Å². The molecule has 3 nitrogen and oxygen atoms in total. The maximum Gasteiger partial charge on any atom is 0.308 e. The highest BCUT2D eigenvalue weighted by atomic mass is 19.1. The fraction of sp³-hybridized carbons (Fsp3) is 0.438. The third-order valence-corrected chi connectivity index (χ3v) is 3.96. The summed E-state index contributed by atoms with van der Waals surface area (Å²) in [5, 5.41) is 9.18. The van der Waals surface area contributed by atoms with Crippen molar-refractivity contribution in [3.63, 3.8) is 0 Å². The number of nitrogens with zero attached hydrogens (tertiary/aromatic N) is 1. The Balaban J connectivity index is 1.92. The number of rotatable bonds is 4. The first-order chi connectivity index (χ1) is 9.58. The zero-order valence-corrected chi connectivity index (χ0v) is 11.6. The molecule has 0 spiro atoms. The lowest BCUT2D eigenvalue weighted by molar-refractivity contribution is -0.145. The Morgan fingerprint density at radius 1 is 1.45 bits per heavy atom. The highest BCUT2D eigenvalue weighted by Crippen LogP contribution is 2.23. The normalized spacial score (nSPS) is 24.1. The van der Waals surface area contributed by atoms with Crippen molar-refractivity contribution in [2.24, 2.45) is 5.92 Å². The SMILES string of the molecule is C[C@@H]1[C@H](C(=O)O)CCCN1C/C=C/c1ccc(F)cc1. The third kappa shape index (κ3) is 3.67. The van der Waals surface area contributed by atoms with E-state index in [0.717, 1.165) is 31.5 Å². The second-order valence-electron chi connectivity index (χ2n) is 5.28. The molecule has 1 fully saturated rings. The molecule has 1 N–H and O–H groups in total. The van der Waals surface area contributed by atoms with Crippen LogP contribution in [0.4, 0.5) is 4.39 Å². The molecule has 2 atom stereocenters. The van der Waals surface area contributed by atoms with Crippen molar-refractivity contribution in [1.29, 1.82) is 0 Å². The molecule has 0 bridgehead atoms. The van der Waals surface area contributed by atoms with Crippen molar-refractivity contribution in [2.45, 2.75) is 25.8 Å². The summed E-state index contributed by atoms with van der Waals surface area (Å²) in [5.41, 5.74) is 0.950. The van der Waals surface area contributed by atoms with E-state index >= 15 is 0 Å². The lowest BCUT2D eigenvalue weighted by Crippen LogP contribution is -2.46. The third-order valence-electron chi connectivity index (χ3n) is 3.96. The molecule has 0 amide bonds. The fourth-order valence-electron chi connectivity index (χ4n) is 2.70. The van der Waals surface area contributed by atoms with Gasteiger partial charge in [-0.05, 0) is 44.0 Å². The standard InChI is InChI=1S/C16H20FNO2/c1-12-15(16(19)20)5-3-11-18(12)10-2-4-13-6-8-14(17)9-7-13/h2,4,6-9,12,15H,3,5,10-11H2,1H3,(H,19,20)/b4-2+/t12-,15-/m1/s1. The number of carboxylic acids is 1. The molecule has 0 saturated carbocycles. The predicted octanol–water partition coefficient (Wildman–Crippen LogP) is 3.02. The molecule has 1 aliphatic heterocycles. The molecular weight excluding hydrogens is 257 g/mol. The van der Waals surface area contributed by atoms with Gasteiger partial charge in [-0.1, -0.05) is 24.3 Å². The molecule has 108 valence electrons. The van der Waals surface area contributed by atoms with Gasteiger partial charge in [-0.25, -0.2) is 4.39 Å². The molecule has 20 heavy (non-hydrogen) atoms. The van der Waals surface area contributed by atoms with Crippen LogP contribution in [0.1, 0.15) is 25.3 Å². The van der Waals surface area contributed by atoms with E-state index in [9.17, 15) is 14.3 Å². The van der Waals surface area contributed by atoms with E-state index in [1.807, 2.05) is 19.1 Å². The average Bonchev–Trinajstić information content (AvgIpc) is 2.42. The smallest absolute Gasteiger partial charge is 0.308 e. The lowest BCUT2D eigenvalue weighted by Gasteiger charge is -2.36. The van der Waals surface area contributed by atoms with E-state index in [2.05, 4.69) is 4.90 Å². The van der Waals surface area contributed by atoms with Gasteiger partial charge < -0.3 is 5.11 Å². The topological polar surface area (TPSA) is 40.5 Å². The molecule has 0 aliphatic carbocycles. The van der Waals surface area contributed by atoms with Crippen molar-refractivity contribution in [3.8, 4) is 0 Å². The first kappa shape index (κ1) is 14.7. The Bertz CT molecular complexity index is 484. The summed E-state index contributed by atoms with van der Waals surface area (Å²) >= 11 is 0. The molecule has 0 aromatic heterocycles. The van der Waals surface area contributed by atoms with Gasteiger partial charge in [0.2, 0.25) is 0 Å². The molecule has 2 rings (SSSR count). The Hall–Kier alpha value is -1.68. The molecule has 1 aliphatic rings. The van der Waals surface area contributed by atoms with Gasteiger partial charge in [0, 0.05) is 12.6 Å². The molecular formula is C16H20FNO2. The number of aliphatic carboxylic acids is 1. The maximum absolute atomic E-state index is 12.8. The minimum atomic E-state index is -0.704. The van der Waals surface area contributed by atoms with E-state index in [0.29, 0.717) is 0 Å². The Kier molecular flexibility index (Phi) is 4.90. The number of hydrogen-bond acceptors (Lipinski definition) is 2. The molecule has 4 heteroatoms. The van der Waals surface area contributed by atoms with Crippen LogP contribution >= 0.6 is 0 Å². The summed E-state index contributed by atoms with van der Waals surface area (Å²) in [6.45, 7) is 3.63. The number of hydrogen-bond donors (Lipinski definition) is 1. The van der Waals surface area contributed by atoms with Gasteiger partial charge in [-0.3, -0.25) is 9.69 Å². The van der Waals surface area contributed by atoms with Crippen LogP contribution in [0, 0.1) is 11.7 Å². The van der Waals surface area contributed by atoms with Crippen LogP contribution in [-0.2, 0) is 4.79 Å².